The van der Waals surface area contributed by atoms with Crippen LogP contribution < -0.4 is 27.4 Å². The van der Waals surface area contributed by atoms with Crippen molar-refractivity contribution in [3.8, 4) is 0 Å². The molecule has 0 aliphatic carbocycles. The first-order valence-electron chi connectivity index (χ1n) is 17.0. The van der Waals surface area contributed by atoms with Gasteiger partial charge in [-0.3, -0.25) is 19.2 Å². The fourth-order valence-electron chi connectivity index (χ4n) is 5.81. The molecule has 268 valence electrons. The lowest BCUT2D eigenvalue weighted by molar-refractivity contribution is -0.148. The number of hydrogen-bond donors (Lipinski definition) is 6. The summed E-state index contributed by atoms with van der Waals surface area (Å²) in [6.45, 7) is 4.91. The van der Waals surface area contributed by atoms with Crippen LogP contribution in [-0.2, 0) is 32.1 Å². The molecular weight excluding hydrogens is 626 g/mol. The number of likely N-dealkylation sites (tertiary alicyclic amines) is 1. The summed E-state index contributed by atoms with van der Waals surface area (Å²) in [6.07, 6.45) is 2.24. The van der Waals surface area contributed by atoms with Crippen LogP contribution in [0.1, 0.15) is 63.5 Å². The van der Waals surface area contributed by atoms with E-state index < -0.39 is 47.5 Å². The Morgan fingerprint density at radius 2 is 1.39 bits per heavy atom. The number of nitrogens with zero attached hydrogens (tertiary/aromatic N) is 2. The molecule has 1 aliphatic heterocycles. The number of urea groups is 1. The van der Waals surface area contributed by atoms with E-state index in [1.807, 2.05) is 74.5 Å². The van der Waals surface area contributed by atoms with E-state index in [0.717, 1.165) is 11.1 Å². The van der Waals surface area contributed by atoms with Gasteiger partial charge in [0.2, 0.25) is 17.7 Å². The van der Waals surface area contributed by atoms with Crippen molar-refractivity contribution in [1.82, 2.24) is 25.8 Å². The molecule has 1 heterocycles. The van der Waals surface area contributed by atoms with Crippen molar-refractivity contribution in [2.75, 3.05) is 26.7 Å². The highest BCUT2D eigenvalue weighted by Gasteiger charge is 2.40. The number of rotatable bonds is 17. The summed E-state index contributed by atoms with van der Waals surface area (Å²) in [5.41, 5.74) is 12.1. The van der Waals surface area contributed by atoms with Gasteiger partial charge in [0.15, 0.2) is 0 Å². The van der Waals surface area contributed by atoms with E-state index in [9.17, 15) is 29.1 Å². The first-order valence-corrected chi connectivity index (χ1v) is 17.0. The molecule has 0 radical (unpaired) electrons. The third-order valence-electron chi connectivity index (χ3n) is 8.80. The first-order chi connectivity index (χ1) is 23.3. The highest BCUT2D eigenvalue weighted by molar-refractivity contribution is 5.94. The van der Waals surface area contributed by atoms with Crippen molar-refractivity contribution in [2.45, 2.75) is 89.0 Å². The number of carbonyl (C=O) groups is 5. The predicted octanol–water partition coefficient (Wildman–Crippen LogP) is 1.99. The molecule has 0 bridgehead atoms. The summed E-state index contributed by atoms with van der Waals surface area (Å²) in [6, 6.07) is 15.5. The summed E-state index contributed by atoms with van der Waals surface area (Å²) in [7, 11) is 1.65. The summed E-state index contributed by atoms with van der Waals surface area (Å²) >= 11 is 0. The molecule has 0 spiro atoms. The molecule has 0 saturated carbocycles. The van der Waals surface area contributed by atoms with E-state index in [1.54, 1.807) is 7.05 Å². The number of amides is 5. The number of hydrogen-bond acceptors (Lipinski definition) is 7. The van der Waals surface area contributed by atoms with Crippen molar-refractivity contribution < 1.29 is 29.1 Å². The van der Waals surface area contributed by atoms with Gasteiger partial charge in [0.25, 0.3) is 0 Å². The Hall–Kier alpha value is -4.49. The van der Waals surface area contributed by atoms with Gasteiger partial charge in [0, 0.05) is 33.1 Å². The molecule has 0 unspecified atom stereocenters. The molecular formula is C36H53N7O6. The lowest BCUT2D eigenvalue weighted by Gasteiger charge is -2.38. The number of piperidine rings is 1. The van der Waals surface area contributed by atoms with Crippen LogP contribution in [0.3, 0.4) is 0 Å². The summed E-state index contributed by atoms with van der Waals surface area (Å²) < 4.78 is 0. The largest absolute Gasteiger partial charge is 0.480 e. The third-order valence-corrected chi connectivity index (χ3v) is 8.80. The van der Waals surface area contributed by atoms with Crippen LogP contribution in [0.25, 0.3) is 0 Å². The van der Waals surface area contributed by atoms with Gasteiger partial charge < -0.3 is 42.3 Å². The Labute approximate surface area is 289 Å². The van der Waals surface area contributed by atoms with Gasteiger partial charge in [-0.15, -0.1) is 0 Å². The Kier molecular flexibility index (Phi) is 15.0. The number of carboxylic acids is 1. The Bertz CT molecular complexity index is 1380. The fraction of sp³-hybridized carbons (Fsp3) is 0.528. The van der Waals surface area contributed by atoms with Crippen LogP contribution in [0.4, 0.5) is 4.79 Å². The SMILES string of the molecule is CC(C)C[C@@H](NC(=O)[C@@H](Cc1ccccc1)NC(=O)N(C)Cc1ccccc1)C(=O)N[C@H](CCCCN)C(=O)N1CCC(N)(C(=O)O)CC1. The van der Waals surface area contributed by atoms with Crippen molar-refractivity contribution >= 4 is 29.7 Å². The summed E-state index contributed by atoms with van der Waals surface area (Å²) in [5.74, 6) is -2.47. The molecule has 0 aromatic heterocycles. The molecule has 8 N–H and O–H groups in total. The maximum Gasteiger partial charge on any atom is 0.323 e. The zero-order valence-electron chi connectivity index (χ0n) is 28.9. The van der Waals surface area contributed by atoms with Gasteiger partial charge in [-0.25, -0.2) is 4.79 Å². The van der Waals surface area contributed by atoms with Gasteiger partial charge in [-0.1, -0.05) is 74.5 Å². The minimum atomic E-state index is -1.40. The molecule has 49 heavy (non-hydrogen) atoms. The molecule has 2 aromatic carbocycles. The lowest BCUT2D eigenvalue weighted by atomic mass is 9.88. The standard InChI is InChI=1S/C36H53N7O6/c1-25(2)22-29(31(44)39-28(16-10-11-19-37)33(46)43-20-17-36(38,18-21-43)34(47)48)40-32(45)30(23-26-12-6-4-7-13-26)41-35(49)42(3)24-27-14-8-5-9-15-27/h4-9,12-15,25,28-30H,10-11,16-24,37-38H2,1-3H3,(H,39,44)(H,40,45)(H,41,49)(H,47,48)/t28-,29-,30-/m1/s1. The second-order valence-electron chi connectivity index (χ2n) is 13.4. The number of nitrogens with one attached hydrogen (secondary N) is 3. The normalized spacial score (nSPS) is 15.8. The zero-order valence-corrected chi connectivity index (χ0v) is 28.9. The maximum atomic E-state index is 13.9. The van der Waals surface area contributed by atoms with Crippen LogP contribution in [0.2, 0.25) is 0 Å². The minimum absolute atomic E-state index is 0.0115. The number of nitrogens with two attached hydrogens (primary N) is 2. The quantitative estimate of drug-likeness (QED) is 0.136. The second-order valence-corrected chi connectivity index (χ2v) is 13.4. The number of benzene rings is 2. The Morgan fingerprint density at radius 1 is 0.837 bits per heavy atom. The molecule has 1 fully saturated rings. The van der Waals surface area contributed by atoms with Crippen LogP contribution in [0.15, 0.2) is 60.7 Å². The van der Waals surface area contributed by atoms with Gasteiger partial charge in [-0.05, 0) is 62.1 Å². The Balaban J connectivity index is 1.77. The van der Waals surface area contributed by atoms with E-state index in [0.29, 0.717) is 38.8 Å². The lowest BCUT2D eigenvalue weighted by Crippen LogP contribution is -2.60. The smallest absolute Gasteiger partial charge is 0.323 e. The molecule has 13 nitrogen and oxygen atoms in total. The molecule has 3 atom stereocenters. The van der Waals surface area contributed by atoms with E-state index >= 15 is 0 Å². The maximum absolute atomic E-state index is 13.9. The van der Waals surface area contributed by atoms with Gasteiger partial charge in [0.05, 0.1) is 0 Å². The number of unbranched alkanes of at least 4 members (excludes halogenated alkanes) is 1. The minimum Gasteiger partial charge on any atom is -0.480 e. The van der Waals surface area contributed by atoms with Gasteiger partial charge >= 0.3 is 12.0 Å². The van der Waals surface area contributed by atoms with Crippen LogP contribution in [-0.4, -0.2) is 95.0 Å². The van der Waals surface area contributed by atoms with E-state index in [2.05, 4.69) is 16.0 Å². The van der Waals surface area contributed by atoms with E-state index in [-0.39, 0.29) is 44.2 Å². The summed E-state index contributed by atoms with van der Waals surface area (Å²) in [4.78, 5) is 69.3. The van der Waals surface area contributed by atoms with Crippen molar-refractivity contribution in [1.29, 1.82) is 0 Å². The summed E-state index contributed by atoms with van der Waals surface area (Å²) in [5, 5.41) is 18.1. The van der Waals surface area contributed by atoms with Crippen LogP contribution >= 0.6 is 0 Å². The average molecular weight is 680 g/mol. The van der Waals surface area contributed by atoms with Gasteiger partial charge in [-0.2, -0.15) is 0 Å². The second kappa shape index (κ2) is 18.9. The van der Waals surface area contributed by atoms with E-state index in [4.69, 9.17) is 11.5 Å². The molecule has 5 amide bonds. The van der Waals surface area contributed by atoms with Crippen molar-refractivity contribution in [3.05, 3.63) is 71.8 Å². The third kappa shape index (κ3) is 12.2. The number of carbonyl (C=O) groups excluding carboxylic acids is 4. The highest BCUT2D eigenvalue weighted by atomic mass is 16.4. The van der Waals surface area contributed by atoms with E-state index in [1.165, 1.54) is 9.80 Å². The van der Waals surface area contributed by atoms with Gasteiger partial charge in [0.1, 0.15) is 23.7 Å². The van der Waals surface area contributed by atoms with Crippen LogP contribution in [0, 0.1) is 5.92 Å². The van der Waals surface area contributed by atoms with Crippen molar-refractivity contribution in [2.24, 2.45) is 17.4 Å². The Morgan fingerprint density at radius 3 is 1.94 bits per heavy atom. The molecule has 1 saturated heterocycles. The molecule has 2 aromatic rings. The fourth-order valence-corrected chi connectivity index (χ4v) is 5.81. The van der Waals surface area contributed by atoms with Crippen LogP contribution in [0.5, 0.6) is 0 Å². The average Bonchev–Trinajstić information content (AvgIpc) is 3.07. The van der Waals surface area contributed by atoms with Crippen molar-refractivity contribution in [3.63, 3.8) is 0 Å². The molecule has 1 aliphatic rings. The first kappa shape index (κ1) is 39.0. The molecule has 3 rings (SSSR count). The topological polar surface area (TPSA) is 200 Å². The number of carboxylic acid groups (broad SMARTS) is 1. The highest BCUT2D eigenvalue weighted by Crippen LogP contribution is 2.21. The predicted molar refractivity (Wildman–Crippen MR) is 187 cm³/mol. The zero-order chi connectivity index (χ0) is 36.0. The monoisotopic (exact) mass is 679 g/mol. The number of aliphatic carboxylic acids is 1. The molecule has 13 heteroatoms.